The molecule has 0 aromatic heterocycles. The number of phenolic OH excluding ortho intramolecular Hbond substituents is 2. The summed E-state index contributed by atoms with van der Waals surface area (Å²) in [6, 6.07) is 8.20. The van der Waals surface area contributed by atoms with Crippen LogP contribution in [0.5, 0.6) is 11.5 Å². The molecule has 0 radical (unpaired) electrons. The highest BCUT2D eigenvalue weighted by Crippen LogP contribution is 2.37. The van der Waals surface area contributed by atoms with Gasteiger partial charge in [-0.15, -0.1) is 0 Å². The second kappa shape index (κ2) is 10.2. The predicted octanol–water partition coefficient (Wildman–Crippen LogP) is 4.12. The van der Waals surface area contributed by atoms with E-state index >= 15 is 0 Å². The first-order valence-corrected chi connectivity index (χ1v) is 11.9. The van der Waals surface area contributed by atoms with Crippen molar-refractivity contribution in [1.82, 2.24) is 9.80 Å². The average Bonchev–Trinajstić information content (AvgIpc) is 2.64. The van der Waals surface area contributed by atoms with Crippen LogP contribution < -0.4 is 0 Å². The number of aromatic hydroxyl groups is 2. The Morgan fingerprint density at radius 3 is 1.41 bits per heavy atom. The lowest BCUT2D eigenvalue weighted by Crippen LogP contribution is -2.51. The highest BCUT2D eigenvalue weighted by molar-refractivity contribution is 5.48. The highest BCUT2D eigenvalue weighted by atomic mass is 16.3. The van der Waals surface area contributed by atoms with Gasteiger partial charge in [0, 0.05) is 37.3 Å². The Kier molecular flexibility index (Phi) is 8.47. The van der Waals surface area contributed by atoms with Gasteiger partial charge >= 0.3 is 0 Å². The fourth-order valence-corrected chi connectivity index (χ4v) is 4.86. The van der Waals surface area contributed by atoms with Crippen molar-refractivity contribution in [1.29, 1.82) is 0 Å². The van der Waals surface area contributed by atoms with Crippen molar-refractivity contribution in [3.8, 4) is 11.5 Å². The third-order valence-corrected chi connectivity index (χ3v) is 6.41. The van der Waals surface area contributed by atoms with Gasteiger partial charge < -0.3 is 20.8 Å². The zero-order valence-electron chi connectivity index (χ0n) is 22.2. The molecule has 0 spiro atoms. The topological polar surface area (TPSA) is 98.7 Å². The molecule has 1 heterocycles. The fourth-order valence-electron chi connectivity index (χ4n) is 4.86. The number of aliphatic hydroxyl groups excluding tert-OH is 1. The SMILES string of the molecule is Cc1cc(CN2CC(O)CN(Cc3cc(C)cc(C(C)(C)C)c3O)C2)c(O)c(C(C)(C)C)c1.O. The van der Waals surface area contributed by atoms with Crippen LogP contribution in [0, 0.1) is 13.8 Å². The first-order valence-electron chi connectivity index (χ1n) is 11.9. The van der Waals surface area contributed by atoms with E-state index in [0.717, 1.165) is 33.4 Å². The molecule has 1 fully saturated rings. The summed E-state index contributed by atoms with van der Waals surface area (Å²) >= 11 is 0. The molecule has 2 aromatic rings. The lowest BCUT2D eigenvalue weighted by molar-refractivity contribution is -0.0152. The molecule has 190 valence electrons. The zero-order chi connectivity index (χ0) is 24.7. The van der Waals surface area contributed by atoms with Gasteiger partial charge in [0.25, 0.3) is 0 Å². The van der Waals surface area contributed by atoms with Crippen molar-refractivity contribution in [3.63, 3.8) is 0 Å². The first-order chi connectivity index (χ1) is 15.1. The Hall–Kier alpha value is -2.12. The van der Waals surface area contributed by atoms with Crippen molar-refractivity contribution in [2.75, 3.05) is 19.8 Å². The van der Waals surface area contributed by atoms with Crippen molar-refractivity contribution in [3.05, 3.63) is 57.6 Å². The summed E-state index contributed by atoms with van der Waals surface area (Å²) in [5.74, 6) is 0.705. The average molecular weight is 473 g/mol. The molecule has 0 atom stereocenters. The van der Waals surface area contributed by atoms with Gasteiger partial charge in [-0.2, -0.15) is 0 Å². The van der Waals surface area contributed by atoms with Gasteiger partial charge in [0.1, 0.15) is 11.5 Å². The third-order valence-electron chi connectivity index (χ3n) is 6.41. The largest absolute Gasteiger partial charge is 0.507 e. The normalized spacial score (nSPS) is 16.5. The van der Waals surface area contributed by atoms with Crippen molar-refractivity contribution in [2.24, 2.45) is 0 Å². The molecule has 1 aliphatic heterocycles. The van der Waals surface area contributed by atoms with Crippen LogP contribution in [-0.2, 0) is 23.9 Å². The van der Waals surface area contributed by atoms with Gasteiger partial charge in [0.2, 0.25) is 0 Å². The van der Waals surface area contributed by atoms with E-state index in [2.05, 4.69) is 77.3 Å². The minimum Gasteiger partial charge on any atom is -0.507 e. The van der Waals surface area contributed by atoms with E-state index < -0.39 is 6.10 Å². The zero-order valence-corrected chi connectivity index (χ0v) is 22.2. The molecule has 34 heavy (non-hydrogen) atoms. The minimum absolute atomic E-state index is 0. The summed E-state index contributed by atoms with van der Waals surface area (Å²) in [6.07, 6.45) is -0.484. The van der Waals surface area contributed by atoms with Crippen LogP contribution in [0.4, 0.5) is 0 Å². The summed E-state index contributed by atoms with van der Waals surface area (Å²) < 4.78 is 0. The van der Waals surface area contributed by atoms with Crippen LogP contribution in [0.2, 0.25) is 0 Å². The minimum atomic E-state index is -0.484. The Morgan fingerprint density at radius 2 is 1.09 bits per heavy atom. The van der Waals surface area contributed by atoms with E-state index in [1.54, 1.807) is 0 Å². The van der Waals surface area contributed by atoms with Crippen molar-refractivity contribution >= 4 is 0 Å². The van der Waals surface area contributed by atoms with E-state index in [4.69, 9.17) is 0 Å². The number of nitrogens with zero attached hydrogens (tertiary/aromatic N) is 2. The number of β-amino-alcohol motifs (C(OH)–C–C–N with tert-alkyl or cyclic N) is 1. The van der Waals surface area contributed by atoms with Crippen molar-refractivity contribution in [2.45, 2.75) is 85.4 Å². The van der Waals surface area contributed by atoms with Gasteiger partial charge in [-0.25, -0.2) is 0 Å². The smallest absolute Gasteiger partial charge is 0.123 e. The molecular formula is C28H44N2O4. The number of hydrogen-bond acceptors (Lipinski definition) is 5. The predicted molar refractivity (Wildman–Crippen MR) is 138 cm³/mol. The van der Waals surface area contributed by atoms with Gasteiger partial charge in [0.05, 0.1) is 12.8 Å². The summed E-state index contributed by atoms with van der Waals surface area (Å²) in [5.41, 5.74) is 5.64. The van der Waals surface area contributed by atoms with Gasteiger partial charge in [0.15, 0.2) is 0 Å². The molecule has 1 aliphatic rings. The first kappa shape index (κ1) is 28.1. The van der Waals surface area contributed by atoms with E-state index in [1.165, 1.54) is 0 Å². The maximum atomic E-state index is 11.0. The summed E-state index contributed by atoms with van der Waals surface area (Å²) in [7, 11) is 0. The summed E-state index contributed by atoms with van der Waals surface area (Å²) in [6.45, 7) is 19.7. The van der Waals surface area contributed by atoms with E-state index in [0.29, 0.717) is 44.3 Å². The molecular weight excluding hydrogens is 428 g/mol. The third kappa shape index (κ3) is 6.51. The van der Waals surface area contributed by atoms with E-state index in [9.17, 15) is 15.3 Å². The van der Waals surface area contributed by atoms with Crippen LogP contribution in [0.25, 0.3) is 0 Å². The number of aliphatic hydroxyl groups is 1. The Balaban J connectivity index is 0.00000408. The van der Waals surface area contributed by atoms with Gasteiger partial charge in [-0.05, 0) is 35.8 Å². The molecule has 5 N–H and O–H groups in total. The number of benzene rings is 2. The number of hydrogen-bond donors (Lipinski definition) is 3. The number of rotatable bonds is 4. The molecule has 1 saturated heterocycles. The van der Waals surface area contributed by atoms with E-state index in [-0.39, 0.29) is 16.3 Å². The second-order valence-corrected chi connectivity index (χ2v) is 12.0. The monoisotopic (exact) mass is 472 g/mol. The molecule has 0 amide bonds. The molecule has 3 rings (SSSR count). The molecule has 6 heteroatoms. The molecule has 0 unspecified atom stereocenters. The Bertz CT molecular complexity index is 925. The Morgan fingerprint density at radius 1 is 0.735 bits per heavy atom. The number of aryl methyl sites for hydroxylation is 2. The summed E-state index contributed by atoms with van der Waals surface area (Å²) in [4.78, 5) is 4.35. The highest BCUT2D eigenvalue weighted by Gasteiger charge is 2.28. The molecule has 0 saturated carbocycles. The maximum absolute atomic E-state index is 11.0. The summed E-state index contributed by atoms with van der Waals surface area (Å²) in [5, 5.41) is 32.6. The van der Waals surface area contributed by atoms with Gasteiger partial charge in [-0.3, -0.25) is 9.80 Å². The maximum Gasteiger partial charge on any atom is 0.123 e. The fraction of sp³-hybridized carbons (Fsp3) is 0.571. The van der Waals surface area contributed by atoms with Gasteiger partial charge in [-0.1, -0.05) is 76.9 Å². The second-order valence-electron chi connectivity index (χ2n) is 12.0. The molecule has 0 aliphatic carbocycles. The van der Waals surface area contributed by atoms with Crippen LogP contribution in [-0.4, -0.2) is 56.5 Å². The Labute approximate surface area is 205 Å². The van der Waals surface area contributed by atoms with E-state index in [1.807, 2.05) is 12.1 Å². The lowest BCUT2D eigenvalue weighted by Gasteiger charge is -2.39. The quantitative estimate of drug-likeness (QED) is 0.622. The number of phenols is 2. The standard InChI is InChI=1S/C28H42N2O3.H2O/c1-18-9-20(25(32)23(11-18)27(3,4)5)13-29-15-22(31)16-30(17-29)14-21-10-19(2)12-24(26(21)33)28(6,7)8;/h9-12,22,31-33H,13-17H2,1-8H3;1H2. The van der Waals surface area contributed by atoms with Crippen LogP contribution in [0.3, 0.4) is 0 Å². The van der Waals surface area contributed by atoms with Crippen LogP contribution >= 0.6 is 0 Å². The van der Waals surface area contributed by atoms with Crippen LogP contribution in [0.15, 0.2) is 24.3 Å². The van der Waals surface area contributed by atoms with Crippen LogP contribution in [0.1, 0.15) is 74.9 Å². The molecule has 6 nitrogen and oxygen atoms in total. The molecule has 0 bridgehead atoms. The van der Waals surface area contributed by atoms with Crippen molar-refractivity contribution < 1.29 is 20.8 Å². The lowest BCUT2D eigenvalue weighted by atomic mass is 9.84. The molecule has 2 aromatic carbocycles.